The van der Waals surface area contributed by atoms with Crippen LogP contribution in [0.2, 0.25) is 5.02 Å². The van der Waals surface area contributed by atoms with Crippen LogP contribution in [0.25, 0.3) is 11.2 Å². The Hall–Kier alpha value is -3.79. The molecule has 0 aliphatic heterocycles. The third kappa shape index (κ3) is 5.52. The first-order chi connectivity index (χ1) is 19.0. The summed E-state index contributed by atoms with van der Waals surface area (Å²) in [5.41, 5.74) is 6.03. The van der Waals surface area contributed by atoms with Gasteiger partial charge in [0.15, 0.2) is 5.82 Å². The Balaban J connectivity index is 1.12. The van der Waals surface area contributed by atoms with Gasteiger partial charge in [-0.1, -0.05) is 22.9 Å². The van der Waals surface area contributed by atoms with Gasteiger partial charge in [-0.3, -0.25) is 4.79 Å². The number of pyridine rings is 2. The van der Waals surface area contributed by atoms with E-state index in [0.717, 1.165) is 29.0 Å². The molecule has 9 nitrogen and oxygen atoms in total. The first-order valence-electron chi connectivity index (χ1n) is 13.3. The van der Waals surface area contributed by atoms with Crippen LogP contribution in [0.15, 0.2) is 43.2 Å². The number of aryl methyl sites for hydroxylation is 3. The molecule has 6 rings (SSSR count). The highest BCUT2D eigenvalue weighted by atomic mass is 35.5. The Labute approximate surface area is 229 Å². The number of esters is 1. The zero-order valence-electron chi connectivity index (χ0n) is 21.7. The second-order valence-corrected chi connectivity index (χ2v) is 10.4. The van der Waals surface area contributed by atoms with Crippen molar-refractivity contribution in [1.82, 2.24) is 33.8 Å². The lowest BCUT2D eigenvalue weighted by atomic mass is 10.1. The second-order valence-electron chi connectivity index (χ2n) is 10.0. The Morgan fingerprint density at radius 2 is 2.03 bits per heavy atom. The van der Waals surface area contributed by atoms with Crippen LogP contribution in [0.4, 0.5) is 4.39 Å². The zero-order chi connectivity index (χ0) is 26.9. The van der Waals surface area contributed by atoms with E-state index in [9.17, 15) is 9.18 Å². The third-order valence-electron chi connectivity index (χ3n) is 7.08. The van der Waals surface area contributed by atoms with Crippen LogP contribution < -0.4 is 0 Å². The molecule has 0 bridgehead atoms. The quantitative estimate of drug-likeness (QED) is 0.216. The molecule has 1 fully saturated rings. The third-order valence-corrected chi connectivity index (χ3v) is 7.37. The molecule has 0 amide bonds. The van der Waals surface area contributed by atoms with Crippen molar-refractivity contribution in [3.05, 3.63) is 82.3 Å². The fourth-order valence-corrected chi connectivity index (χ4v) is 5.16. The molecule has 1 saturated carbocycles. The van der Waals surface area contributed by atoms with Gasteiger partial charge < -0.3 is 13.5 Å². The van der Waals surface area contributed by atoms with Crippen molar-refractivity contribution in [3.63, 3.8) is 0 Å². The van der Waals surface area contributed by atoms with Crippen LogP contribution in [0, 0.1) is 5.82 Å². The number of carbonyl (C=O) groups is 1. The van der Waals surface area contributed by atoms with Gasteiger partial charge in [-0.15, -0.1) is 5.10 Å². The van der Waals surface area contributed by atoms with Gasteiger partial charge >= 0.3 is 5.97 Å². The highest BCUT2D eigenvalue weighted by molar-refractivity contribution is 6.31. The van der Waals surface area contributed by atoms with Gasteiger partial charge in [0, 0.05) is 31.2 Å². The molecule has 0 radical (unpaired) electrons. The van der Waals surface area contributed by atoms with Crippen molar-refractivity contribution >= 4 is 28.7 Å². The highest BCUT2D eigenvalue weighted by Gasteiger charge is 2.25. The Kier molecular flexibility index (Phi) is 7.03. The maximum absolute atomic E-state index is 14.5. The Morgan fingerprint density at radius 1 is 1.15 bits per heavy atom. The molecule has 0 saturated heterocycles. The molecule has 0 atom stereocenters. The van der Waals surface area contributed by atoms with Gasteiger partial charge in [0.05, 0.1) is 41.6 Å². The topological polar surface area (TPSA) is 91.6 Å². The lowest BCUT2D eigenvalue weighted by molar-refractivity contribution is -0.143. The molecule has 0 spiro atoms. The molecular formula is C28H29ClFN7O2. The van der Waals surface area contributed by atoms with E-state index in [0.29, 0.717) is 56.0 Å². The summed E-state index contributed by atoms with van der Waals surface area (Å²) in [6, 6.07) is 3.72. The second kappa shape index (κ2) is 10.8. The Morgan fingerprint density at radius 3 is 2.85 bits per heavy atom. The van der Waals surface area contributed by atoms with Crippen LogP contribution in [0.5, 0.6) is 0 Å². The normalized spacial score (nSPS) is 13.5. The smallest absolute Gasteiger partial charge is 0.306 e. The van der Waals surface area contributed by atoms with E-state index in [1.165, 1.54) is 24.5 Å². The molecule has 39 heavy (non-hydrogen) atoms. The first-order valence-corrected chi connectivity index (χ1v) is 13.7. The van der Waals surface area contributed by atoms with Crippen molar-refractivity contribution in [2.45, 2.75) is 64.3 Å². The van der Waals surface area contributed by atoms with E-state index in [1.54, 1.807) is 21.6 Å². The average Bonchev–Trinajstić information content (AvgIpc) is 3.33. The van der Waals surface area contributed by atoms with E-state index in [2.05, 4.69) is 32.0 Å². The number of nitrogens with zero attached hydrogens (tertiary/aromatic N) is 7. The van der Waals surface area contributed by atoms with Crippen LogP contribution in [-0.4, -0.2) is 46.3 Å². The maximum atomic E-state index is 14.5. The minimum Gasteiger partial charge on any atom is -0.466 e. The molecule has 0 N–H and O–H groups in total. The molecular weight excluding hydrogens is 521 g/mol. The summed E-state index contributed by atoms with van der Waals surface area (Å²) in [5, 5.41) is 8.70. The summed E-state index contributed by atoms with van der Waals surface area (Å²) >= 11 is 5.95. The minimum absolute atomic E-state index is 0.0917. The number of fused-ring (bicyclic) bond motifs is 2. The van der Waals surface area contributed by atoms with Crippen molar-refractivity contribution in [3.8, 4) is 0 Å². The average molecular weight is 550 g/mol. The van der Waals surface area contributed by atoms with Crippen LogP contribution >= 0.6 is 11.6 Å². The van der Waals surface area contributed by atoms with E-state index in [-0.39, 0.29) is 11.0 Å². The molecule has 1 aliphatic carbocycles. The summed E-state index contributed by atoms with van der Waals surface area (Å²) in [4.78, 5) is 21.2. The van der Waals surface area contributed by atoms with Crippen molar-refractivity contribution < 1.29 is 13.9 Å². The standard InChI is InChI=1S/C28H29ClFN7O2/c1-2-39-25(38)9-8-19-12-20(18-6-7-18)13-36-14-22(32-28(19)36)16-37-15-21(33-34-37)4-3-5-24-27-26(30)23(29)10-11-35(27)17-31-24/h10-15,17-18H,2-9,16H2,1H3. The van der Waals surface area contributed by atoms with Gasteiger partial charge in [0.1, 0.15) is 11.2 Å². The Bertz CT molecular complexity index is 1650. The predicted molar refractivity (Wildman–Crippen MR) is 143 cm³/mol. The van der Waals surface area contributed by atoms with Gasteiger partial charge in [-0.2, -0.15) is 0 Å². The number of imidazole rings is 2. The van der Waals surface area contributed by atoms with E-state index >= 15 is 0 Å². The molecule has 5 aromatic rings. The zero-order valence-corrected chi connectivity index (χ0v) is 22.4. The summed E-state index contributed by atoms with van der Waals surface area (Å²) < 4.78 is 25.1. The molecule has 11 heteroatoms. The number of carbonyl (C=O) groups excluding carboxylic acids is 1. The number of hydrogen-bond donors (Lipinski definition) is 0. The van der Waals surface area contributed by atoms with Crippen molar-refractivity contribution in [1.29, 1.82) is 0 Å². The summed E-state index contributed by atoms with van der Waals surface area (Å²) in [5.74, 6) is -0.0455. The summed E-state index contributed by atoms with van der Waals surface area (Å²) in [6.45, 7) is 2.69. The lowest BCUT2D eigenvalue weighted by Gasteiger charge is -2.07. The number of hydrogen-bond acceptors (Lipinski definition) is 6. The molecule has 5 aromatic heterocycles. The van der Waals surface area contributed by atoms with Gasteiger partial charge in [0.2, 0.25) is 0 Å². The van der Waals surface area contributed by atoms with Crippen LogP contribution in [0.1, 0.15) is 66.7 Å². The SMILES string of the molecule is CCOC(=O)CCc1cc(C2CC2)cn2cc(Cn3cc(CCCc4ncn5ccc(Cl)c(F)c45)nn3)nc12. The lowest BCUT2D eigenvalue weighted by Crippen LogP contribution is -2.06. The molecule has 202 valence electrons. The fourth-order valence-electron chi connectivity index (χ4n) is 5.02. The predicted octanol–water partition coefficient (Wildman–Crippen LogP) is 4.96. The number of halogens is 2. The van der Waals surface area contributed by atoms with Gasteiger partial charge in [-0.25, -0.2) is 19.0 Å². The molecule has 0 aromatic carbocycles. The van der Waals surface area contributed by atoms with Gasteiger partial charge in [0.25, 0.3) is 0 Å². The molecule has 1 aliphatic rings. The van der Waals surface area contributed by atoms with E-state index in [1.807, 2.05) is 19.3 Å². The number of ether oxygens (including phenoxy) is 1. The van der Waals surface area contributed by atoms with Crippen LogP contribution in [0.3, 0.4) is 0 Å². The van der Waals surface area contributed by atoms with Crippen molar-refractivity contribution in [2.75, 3.05) is 6.61 Å². The van der Waals surface area contributed by atoms with E-state index < -0.39 is 5.82 Å². The largest absolute Gasteiger partial charge is 0.466 e. The van der Waals surface area contributed by atoms with Crippen LogP contribution in [-0.2, 0) is 35.3 Å². The maximum Gasteiger partial charge on any atom is 0.306 e. The molecule has 5 heterocycles. The first kappa shape index (κ1) is 25.5. The van der Waals surface area contributed by atoms with E-state index in [4.69, 9.17) is 21.3 Å². The van der Waals surface area contributed by atoms with Crippen molar-refractivity contribution in [2.24, 2.45) is 0 Å². The number of aromatic nitrogens is 7. The van der Waals surface area contributed by atoms with Gasteiger partial charge in [-0.05, 0) is 68.6 Å². The fraction of sp³-hybridized carbons (Fsp3) is 0.393. The minimum atomic E-state index is -0.446. The highest BCUT2D eigenvalue weighted by Crippen LogP contribution is 2.40. The number of rotatable bonds is 11. The summed E-state index contributed by atoms with van der Waals surface area (Å²) in [7, 11) is 0. The summed E-state index contributed by atoms with van der Waals surface area (Å²) in [6.07, 6.45) is 14.8. The monoisotopic (exact) mass is 549 g/mol. The molecule has 0 unspecified atom stereocenters.